The summed E-state index contributed by atoms with van der Waals surface area (Å²) in [5.41, 5.74) is -0.865. The van der Waals surface area contributed by atoms with Gasteiger partial charge in [0.05, 0.1) is 23.7 Å². The number of carbonyl (C=O) groups excluding carboxylic acids is 2. The average Bonchev–Trinajstić information content (AvgIpc) is 2.75. The number of hydrogen-bond donors (Lipinski definition) is 2. The van der Waals surface area contributed by atoms with E-state index in [-0.39, 0.29) is 38.2 Å². The summed E-state index contributed by atoms with van der Waals surface area (Å²) in [6.45, 7) is 10.4. The van der Waals surface area contributed by atoms with Crippen LogP contribution in [0.4, 0.5) is 20.6 Å². The molecule has 2 aromatic rings. The van der Waals surface area contributed by atoms with E-state index in [0.717, 1.165) is 16.4 Å². The number of rotatable bonds is 5. The summed E-state index contributed by atoms with van der Waals surface area (Å²) in [7, 11) is -4.14. The van der Waals surface area contributed by atoms with Crippen molar-refractivity contribution >= 4 is 33.4 Å². The zero-order valence-electron chi connectivity index (χ0n) is 21.2. The predicted octanol–water partition coefficient (Wildman–Crippen LogP) is 4.78. The molecule has 1 heterocycles. The SMILES string of the molecule is CC(C)(C)OC(=O)Nc1ccc2c(c1)N(S(=O)(=O)c1ccc(F)cc1)C[C@H](CNC(=O)C(C)(C)C)O2.[HH].[HH]. The molecule has 0 unspecified atom stereocenters. The number of nitrogens with one attached hydrogen (secondary N) is 2. The van der Waals surface area contributed by atoms with Crippen molar-refractivity contribution in [1.82, 2.24) is 5.32 Å². The number of fused-ring (bicyclic) bond motifs is 1. The van der Waals surface area contributed by atoms with Crippen LogP contribution in [0.25, 0.3) is 0 Å². The molecule has 1 atom stereocenters. The molecular weight excluding hydrogens is 489 g/mol. The number of carbonyl (C=O) groups is 2. The van der Waals surface area contributed by atoms with E-state index < -0.39 is 39.1 Å². The summed E-state index contributed by atoms with van der Waals surface area (Å²) >= 11 is 0. The van der Waals surface area contributed by atoms with Crippen molar-refractivity contribution in [3.63, 3.8) is 0 Å². The van der Waals surface area contributed by atoms with Gasteiger partial charge in [-0.05, 0) is 63.2 Å². The molecule has 1 aliphatic rings. The molecule has 0 saturated carbocycles. The Balaban J connectivity index is 0.00000361. The fraction of sp³-hybridized carbons (Fsp3) is 0.440. The molecule has 3 rings (SSSR count). The third-order valence-corrected chi connectivity index (χ3v) is 6.90. The van der Waals surface area contributed by atoms with E-state index in [1.165, 1.54) is 24.3 Å². The molecule has 2 amide bonds. The number of ether oxygens (including phenoxy) is 2. The van der Waals surface area contributed by atoms with Gasteiger partial charge < -0.3 is 14.8 Å². The monoisotopic (exact) mass is 525 g/mol. The van der Waals surface area contributed by atoms with Crippen molar-refractivity contribution in [2.24, 2.45) is 5.41 Å². The minimum absolute atomic E-state index is 0. The molecule has 0 saturated heterocycles. The van der Waals surface area contributed by atoms with E-state index in [1.807, 2.05) is 0 Å². The highest BCUT2D eigenvalue weighted by molar-refractivity contribution is 7.92. The molecule has 9 nitrogen and oxygen atoms in total. The second-order valence-corrected chi connectivity index (χ2v) is 12.4. The van der Waals surface area contributed by atoms with Gasteiger partial charge in [0, 0.05) is 14.0 Å². The highest BCUT2D eigenvalue weighted by Gasteiger charge is 2.35. The number of halogens is 1. The van der Waals surface area contributed by atoms with Crippen molar-refractivity contribution < 1.29 is 34.7 Å². The Labute approximate surface area is 214 Å². The highest BCUT2D eigenvalue weighted by Crippen LogP contribution is 2.39. The Morgan fingerprint density at radius 1 is 1.11 bits per heavy atom. The molecular formula is C25H36FN3O6S. The Hall–Kier alpha value is -3.34. The lowest BCUT2D eigenvalue weighted by Crippen LogP contribution is -2.49. The van der Waals surface area contributed by atoms with Crippen molar-refractivity contribution in [3.05, 3.63) is 48.3 Å². The predicted molar refractivity (Wildman–Crippen MR) is 138 cm³/mol. The number of amides is 2. The van der Waals surface area contributed by atoms with Crippen LogP contribution in [0.2, 0.25) is 0 Å². The summed E-state index contributed by atoms with van der Waals surface area (Å²) in [5.74, 6) is -0.527. The molecule has 0 radical (unpaired) electrons. The zero-order valence-corrected chi connectivity index (χ0v) is 22.0. The molecule has 0 fully saturated rings. The van der Waals surface area contributed by atoms with E-state index in [0.29, 0.717) is 5.69 Å². The Bertz CT molecular complexity index is 1250. The van der Waals surface area contributed by atoms with Crippen molar-refractivity contribution in [1.29, 1.82) is 0 Å². The lowest BCUT2D eigenvalue weighted by atomic mass is 9.95. The summed E-state index contributed by atoms with van der Waals surface area (Å²) in [5, 5.41) is 5.38. The maximum atomic E-state index is 13.6. The molecule has 11 heteroatoms. The van der Waals surface area contributed by atoms with Crippen LogP contribution in [0.1, 0.15) is 44.4 Å². The molecule has 2 aromatic carbocycles. The quantitative estimate of drug-likeness (QED) is 0.581. The molecule has 200 valence electrons. The van der Waals surface area contributed by atoms with Gasteiger partial charge in [0.15, 0.2) is 0 Å². The molecule has 0 spiro atoms. The number of hydrogen-bond acceptors (Lipinski definition) is 6. The van der Waals surface area contributed by atoms with Crippen LogP contribution in [-0.2, 0) is 19.6 Å². The Morgan fingerprint density at radius 2 is 1.75 bits per heavy atom. The molecule has 2 N–H and O–H groups in total. The van der Waals surface area contributed by atoms with Gasteiger partial charge >= 0.3 is 6.09 Å². The first-order chi connectivity index (χ1) is 16.6. The number of benzene rings is 2. The van der Waals surface area contributed by atoms with Gasteiger partial charge in [0.1, 0.15) is 23.3 Å². The van der Waals surface area contributed by atoms with Crippen LogP contribution >= 0.6 is 0 Å². The van der Waals surface area contributed by atoms with Crippen LogP contribution in [0.5, 0.6) is 5.75 Å². The van der Waals surface area contributed by atoms with Crippen LogP contribution in [0, 0.1) is 11.2 Å². The molecule has 36 heavy (non-hydrogen) atoms. The van der Waals surface area contributed by atoms with Gasteiger partial charge in [-0.3, -0.25) is 14.4 Å². The fourth-order valence-electron chi connectivity index (χ4n) is 3.35. The summed E-state index contributed by atoms with van der Waals surface area (Å²) in [6, 6.07) is 9.04. The number of sulfonamides is 1. The van der Waals surface area contributed by atoms with Gasteiger partial charge in [0.25, 0.3) is 10.0 Å². The van der Waals surface area contributed by atoms with Gasteiger partial charge in [-0.1, -0.05) is 20.8 Å². The van der Waals surface area contributed by atoms with E-state index in [1.54, 1.807) is 47.6 Å². The van der Waals surface area contributed by atoms with Crippen LogP contribution < -0.4 is 19.7 Å². The van der Waals surface area contributed by atoms with Crippen molar-refractivity contribution in [2.45, 2.75) is 58.1 Å². The first-order valence-electron chi connectivity index (χ1n) is 11.4. The molecule has 0 aliphatic carbocycles. The zero-order chi connectivity index (χ0) is 26.9. The third-order valence-electron chi connectivity index (χ3n) is 5.11. The summed E-state index contributed by atoms with van der Waals surface area (Å²) in [6.07, 6.45) is -1.39. The van der Waals surface area contributed by atoms with Gasteiger partial charge in [-0.15, -0.1) is 0 Å². The third kappa shape index (κ3) is 6.66. The first-order valence-corrected chi connectivity index (χ1v) is 12.9. The standard InChI is InChI=1S/C25H32FN3O6S.2H2/c1-24(2,3)22(30)27-14-18-15-29(36(32,33)19-10-7-16(26)8-11-19)20-13-17(9-12-21(20)34-18)28-23(31)35-25(4,5)6;;/h7-13,18H,14-15H2,1-6H3,(H,27,30)(H,28,31);2*1H/t18-;;/m0../s1. The van der Waals surface area contributed by atoms with E-state index in [4.69, 9.17) is 9.47 Å². The van der Waals surface area contributed by atoms with Gasteiger partial charge in [-0.25, -0.2) is 17.6 Å². The van der Waals surface area contributed by atoms with Crippen molar-refractivity contribution in [2.75, 3.05) is 22.7 Å². The summed E-state index contributed by atoms with van der Waals surface area (Å²) < 4.78 is 53.0. The van der Waals surface area contributed by atoms with Gasteiger partial charge in [0.2, 0.25) is 5.91 Å². The normalized spacial score (nSPS) is 16.0. The largest absolute Gasteiger partial charge is 0.484 e. The molecule has 0 aromatic heterocycles. The Kier molecular flexibility index (Phi) is 7.54. The molecule has 1 aliphatic heterocycles. The highest BCUT2D eigenvalue weighted by atomic mass is 32.2. The number of anilines is 2. The minimum atomic E-state index is -4.14. The first kappa shape index (κ1) is 27.3. The maximum absolute atomic E-state index is 13.6. The Morgan fingerprint density at radius 3 is 2.33 bits per heavy atom. The summed E-state index contributed by atoms with van der Waals surface area (Å²) in [4.78, 5) is 24.5. The smallest absolute Gasteiger partial charge is 0.412 e. The van der Waals surface area contributed by atoms with Crippen LogP contribution in [-0.4, -0.2) is 45.2 Å². The number of nitrogens with zero attached hydrogens (tertiary/aromatic N) is 1. The van der Waals surface area contributed by atoms with Crippen molar-refractivity contribution in [3.8, 4) is 5.75 Å². The van der Waals surface area contributed by atoms with E-state index >= 15 is 0 Å². The molecule has 0 bridgehead atoms. The second kappa shape index (κ2) is 9.96. The van der Waals surface area contributed by atoms with E-state index in [2.05, 4.69) is 10.6 Å². The van der Waals surface area contributed by atoms with Crippen LogP contribution in [0.15, 0.2) is 47.4 Å². The van der Waals surface area contributed by atoms with Gasteiger partial charge in [-0.2, -0.15) is 0 Å². The lowest BCUT2D eigenvalue weighted by molar-refractivity contribution is -0.128. The fourth-order valence-corrected chi connectivity index (χ4v) is 4.85. The van der Waals surface area contributed by atoms with E-state index in [9.17, 15) is 22.4 Å². The topological polar surface area (TPSA) is 114 Å². The lowest BCUT2D eigenvalue weighted by Gasteiger charge is -2.36. The minimum Gasteiger partial charge on any atom is -0.484 e. The van der Waals surface area contributed by atoms with Crippen LogP contribution in [0.3, 0.4) is 0 Å². The maximum Gasteiger partial charge on any atom is 0.412 e. The second-order valence-electron chi connectivity index (χ2n) is 10.5. The average molecular weight is 526 g/mol.